The molecule has 138 valence electrons. The van der Waals surface area contributed by atoms with Crippen molar-refractivity contribution in [2.75, 3.05) is 49.6 Å². The maximum atomic E-state index is 12.1. The molecule has 0 atom stereocenters. The Kier molecular flexibility index (Phi) is 5.88. The molecule has 7 nitrogen and oxygen atoms in total. The number of aromatic nitrogens is 2. The molecule has 0 saturated carbocycles. The number of carbonyl (C=O) groups is 1. The van der Waals surface area contributed by atoms with Crippen LogP contribution in [0.3, 0.4) is 0 Å². The maximum Gasteiger partial charge on any atom is 0.270 e. The lowest BCUT2D eigenvalue weighted by Crippen LogP contribution is -2.47. The Morgan fingerprint density at radius 1 is 1.15 bits per heavy atom. The molecule has 1 N–H and O–H groups in total. The second-order valence-electron chi connectivity index (χ2n) is 6.14. The minimum atomic E-state index is -0.150. The predicted molar refractivity (Wildman–Crippen MR) is 102 cm³/mol. The van der Waals surface area contributed by atoms with Crippen molar-refractivity contribution in [2.45, 2.75) is 13.3 Å². The zero-order valence-electron chi connectivity index (χ0n) is 15.3. The van der Waals surface area contributed by atoms with Gasteiger partial charge in [-0.15, -0.1) is 0 Å². The van der Waals surface area contributed by atoms with Crippen LogP contribution in [0.15, 0.2) is 36.5 Å². The molecule has 0 radical (unpaired) electrons. The third-order valence-corrected chi connectivity index (χ3v) is 4.40. The molecule has 0 aliphatic carbocycles. The first kappa shape index (κ1) is 18.0. The molecule has 7 heteroatoms. The van der Waals surface area contributed by atoms with Gasteiger partial charge in [0.05, 0.1) is 12.8 Å². The van der Waals surface area contributed by atoms with Crippen LogP contribution in [0.5, 0.6) is 5.75 Å². The van der Waals surface area contributed by atoms with E-state index in [9.17, 15) is 4.79 Å². The monoisotopic (exact) mass is 355 g/mol. The molecule has 0 bridgehead atoms. The highest BCUT2D eigenvalue weighted by Crippen LogP contribution is 2.28. The average Bonchev–Trinajstić information content (AvgIpc) is 2.72. The van der Waals surface area contributed by atoms with E-state index in [2.05, 4.69) is 31.2 Å². The summed E-state index contributed by atoms with van der Waals surface area (Å²) in [5.74, 6) is 1.34. The molecule has 1 saturated heterocycles. The summed E-state index contributed by atoms with van der Waals surface area (Å²) in [5.41, 5.74) is 1.51. The predicted octanol–water partition coefficient (Wildman–Crippen LogP) is 1.95. The molecule has 1 aliphatic heterocycles. The number of amides is 1. The van der Waals surface area contributed by atoms with E-state index in [-0.39, 0.29) is 5.91 Å². The summed E-state index contributed by atoms with van der Waals surface area (Å²) in [6.07, 6.45) is 2.55. The van der Waals surface area contributed by atoms with Gasteiger partial charge in [0, 0.05) is 38.9 Å². The standard InChI is InChI=1S/C19H25N5O2/c1-3-9-20-18(25)15-8-10-21-19(22-15)24-13-11-23(12-14-24)16-6-4-5-7-17(16)26-2/h4-8,10H,3,9,11-14H2,1-2H3,(H,20,25). The number of benzene rings is 1. The topological polar surface area (TPSA) is 70.6 Å². The fraction of sp³-hybridized carbons (Fsp3) is 0.421. The van der Waals surface area contributed by atoms with Crippen molar-refractivity contribution in [3.05, 3.63) is 42.2 Å². The lowest BCUT2D eigenvalue weighted by atomic mass is 10.2. The fourth-order valence-electron chi connectivity index (χ4n) is 2.99. The van der Waals surface area contributed by atoms with Crippen molar-refractivity contribution in [3.63, 3.8) is 0 Å². The van der Waals surface area contributed by atoms with Crippen molar-refractivity contribution in [3.8, 4) is 5.75 Å². The van der Waals surface area contributed by atoms with E-state index in [1.165, 1.54) is 0 Å². The Hall–Kier alpha value is -2.83. The Morgan fingerprint density at radius 3 is 2.62 bits per heavy atom. The maximum absolute atomic E-state index is 12.1. The number of hydrogen-bond donors (Lipinski definition) is 1. The summed E-state index contributed by atoms with van der Waals surface area (Å²) < 4.78 is 5.46. The van der Waals surface area contributed by atoms with Crippen molar-refractivity contribution < 1.29 is 9.53 Å². The van der Waals surface area contributed by atoms with Crippen molar-refractivity contribution in [1.29, 1.82) is 0 Å². The highest BCUT2D eigenvalue weighted by Gasteiger charge is 2.21. The summed E-state index contributed by atoms with van der Waals surface area (Å²) in [4.78, 5) is 25.3. The number of piperazine rings is 1. The number of nitrogens with zero attached hydrogens (tertiary/aromatic N) is 4. The van der Waals surface area contributed by atoms with E-state index < -0.39 is 0 Å². The van der Waals surface area contributed by atoms with Crippen molar-refractivity contribution in [1.82, 2.24) is 15.3 Å². The first-order valence-corrected chi connectivity index (χ1v) is 8.97. The third-order valence-electron chi connectivity index (χ3n) is 4.40. The minimum Gasteiger partial charge on any atom is -0.495 e. The highest BCUT2D eigenvalue weighted by molar-refractivity contribution is 5.92. The quantitative estimate of drug-likeness (QED) is 0.854. The average molecular weight is 355 g/mol. The lowest BCUT2D eigenvalue weighted by Gasteiger charge is -2.36. The molecule has 26 heavy (non-hydrogen) atoms. The van der Waals surface area contributed by atoms with Gasteiger partial charge in [0.15, 0.2) is 0 Å². The van der Waals surface area contributed by atoms with E-state index >= 15 is 0 Å². The zero-order chi connectivity index (χ0) is 18.4. The number of ether oxygens (including phenoxy) is 1. The largest absolute Gasteiger partial charge is 0.495 e. The van der Waals surface area contributed by atoms with Gasteiger partial charge in [-0.05, 0) is 24.6 Å². The van der Waals surface area contributed by atoms with Gasteiger partial charge in [-0.25, -0.2) is 9.97 Å². The van der Waals surface area contributed by atoms with E-state index in [1.807, 2.05) is 25.1 Å². The van der Waals surface area contributed by atoms with Gasteiger partial charge in [0.1, 0.15) is 11.4 Å². The molecule has 1 aromatic heterocycles. The number of nitrogens with one attached hydrogen (secondary N) is 1. The number of rotatable bonds is 6. The van der Waals surface area contributed by atoms with Crippen LogP contribution >= 0.6 is 0 Å². The normalized spacial score (nSPS) is 14.2. The Morgan fingerprint density at radius 2 is 1.88 bits per heavy atom. The van der Waals surface area contributed by atoms with E-state index in [0.717, 1.165) is 44.0 Å². The number of anilines is 2. The van der Waals surface area contributed by atoms with Crippen LogP contribution in [0.2, 0.25) is 0 Å². The Labute approximate surface area is 154 Å². The van der Waals surface area contributed by atoms with Crippen molar-refractivity contribution in [2.24, 2.45) is 0 Å². The third kappa shape index (κ3) is 4.04. The van der Waals surface area contributed by atoms with E-state index in [1.54, 1.807) is 19.4 Å². The number of carbonyl (C=O) groups excluding carboxylic acids is 1. The highest BCUT2D eigenvalue weighted by atomic mass is 16.5. The van der Waals surface area contributed by atoms with E-state index in [4.69, 9.17) is 4.74 Å². The summed E-state index contributed by atoms with van der Waals surface area (Å²) >= 11 is 0. The van der Waals surface area contributed by atoms with Crippen LogP contribution in [-0.4, -0.2) is 55.7 Å². The first-order chi connectivity index (χ1) is 12.7. The summed E-state index contributed by atoms with van der Waals surface area (Å²) in [6.45, 7) is 5.94. The van der Waals surface area contributed by atoms with Gasteiger partial charge >= 0.3 is 0 Å². The molecule has 1 amide bonds. The molecule has 1 aromatic carbocycles. The Balaban J connectivity index is 1.66. The molecule has 3 rings (SSSR count). The van der Waals surface area contributed by atoms with Crippen LogP contribution in [-0.2, 0) is 0 Å². The van der Waals surface area contributed by atoms with Crippen LogP contribution in [0.25, 0.3) is 0 Å². The molecule has 1 aliphatic rings. The van der Waals surface area contributed by atoms with Gasteiger partial charge in [-0.1, -0.05) is 19.1 Å². The van der Waals surface area contributed by atoms with Gasteiger partial charge in [-0.2, -0.15) is 0 Å². The van der Waals surface area contributed by atoms with Crippen LogP contribution in [0, 0.1) is 0 Å². The molecule has 1 fully saturated rings. The Bertz CT molecular complexity index is 744. The van der Waals surface area contributed by atoms with Crippen molar-refractivity contribution >= 4 is 17.5 Å². The minimum absolute atomic E-state index is 0.150. The molecule has 2 aromatic rings. The molecular weight excluding hydrogens is 330 g/mol. The molecule has 2 heterocycles. The SMILES string of the molecule is CCCNC(=O)c1ccnc(N2CCN(c3ccccc3OC)CC2)n1. The summed E-state index contributed by atoms with van der Waals surface area (Å²) in [5, 5.41) is 2.85. The van der Waals surface area contributed by atoms with Gasteiger partial charge < -0.3 is 19.9 Å². The molecule has 0 unspecified atom stereocenters. The zero-order valence-corrected chi connectivity index (χ0v) is 15.3. The summed E-state index contributed by atoms with van der Waals surface area (Å²) in [6, 6.07) is 9.69. The second-order valence-corrected chi connectivity index (χ2v) is 6.14. The van der Waals surface area contributed by atoms with Gasteiger partial charge in [0.25, 0.3) is 5.91 Å². The number of hydrogen-bond acceptors (Lipinski definition) is 6. The molecule has 0 spiro atoms. The van der Waals surface area contributed by atoms with E-state index in [0.29, 0.717) is 18.2 Å². The number of para-hydroxylation sites is 2. The van der Waals surface area contributed by atoms with Gasteiger partial charge in [0.2, 0.25) is 5.95 Å². The summed E-state index contributed by atoms with van der Waals surface area (Å²) in [7, 11) is 1.69. The van der Waals surface area contributed by atoms with Gasteiger partial charge in [-0.3, -0.25) is 4.79 Å². The first-order valence-electron chi connectivity index (χ1n) is 8.97. The second kappa shape index (κ2) is 8.51. The molecular formula is C19H25N5O2. The van der Waals surface area contributed by atoms with Crippen LogP contribution in [0.1, 0.15) is 23.8 Å². The van der Waals surface area contributed by atoms with Crippen LogP contribution < -0.4 is 19.9 Å². The smallest absolute Gasteiger partial charge is 0.270 e. The fourth-order valence-corrected chi connectivity index (χ4v) is 2.99. The number of methoxy groups -OCH3 is 1. The lowest BCUT2D eigenvalue weighted by molar-refractivity contribution is 0.0948. The van der Waals surface area contributed by atoms with Crippen LogP contribution in [0.4, 0.5) is 11.6 Å².